The van der Waals surface area contributed by atoms with Gasteiger partial charge in [0.15, 0.2) is 0 Å². The second-order valence-electron chi connectivity index (χ2n) is 3.88. The fourth-order valence-electron chi connectivity index (χ4n) is 2.17. The normalized spacial score (nSPS) is 13.8. The first-order valence-electron chi connectivity index (χ1n) is 5.32. The summed E-state index contributed by atoms with van der Waals surface area (Å²) in [6.07, 6.45) is 0. The van der Waals surface area contributed by atoms with E-state index in [-0.39, 0.29) is 0 Å². The Labute approximate surface area is 103 Å². The third-order valence-corrected chi connectivity index (χ3v) is 3.61. The first-order valence-corrected chi connectivity index (χ1v) is 6.44. The van der Waals surface area contributed by atoms with E-state index in [1.54, 1.807) is 0 Å². The van der Waals surface area contributed by atoms with E-state index in [0.717, 1.165) is 16.8 Å². The molecule has 3 rings (SSSR count). The molecule has 2 heteroatoms. The quantitative estimate of drug-likeness (QED) is 0.704. The number of benzene rings is 2. The van der Waals surface area contributed by atoms with Crippen LogP contribution in [0.5, 0.6) is 11.5 Å². The zero-order valence-corrected chi connectivity index (χ0v) is 10.3. The molecule has 16 heavy (non-hydrogen) atoms. The molecule has 1 aliphatic heterocycles. The van der Waals surface area contributed by atoms with Crippen molar-refractivity contribution in [1.82, 2.24) is 0 Å². The zero-order valence-electron chi connectivity index (χ0n) is 8.69. The summed E-state index contributed by atoms with van der Waals surface area (Å²) in [4.78, 5) is 0. The predicted octanol–water partition coefficient (Wildman–Crippen LogP) is 4.32. The van der Waals surface area contributed by atoms with Gasteiger partial charge in [-0.25, -0.2) is 0 Å². The molecule has 0 radical (unpaired) electrons. The van der Waals surface area contributed by atoms with Crippen LogP contribution in [0.3, 0.4) is 0 Å². The Morgan fingerprint density at radius 1 is 0.875 bits per heavy atom. The first-order chi connectivity index (χ1) is 7.90. The molecule has 0 amide bonds. The van der Waals surface area contributed by atoms with E-state index in [2.05, 4.69) is 40.2 Å². The molecule has 2 aromatic rings. The molecule has 0 aliphatic carbocycles. The van der Waals surface area contributed by atoms with Gasteiger partial charge in [-0.1, -0.05) is 52.3 Å². The Morgan fingerprint density at radius 2 is 1.38 bits per heavy atom. The summed E-state index contributed by atoms with van der Waals surface area (Å²) in [7, 11) is 0. The lowest BCUT2D eigenvalue weighted by Crippen LogP contribution is -2.10. The van der Waals surface area contributed by atoms with Crippen molar-refractivity contribution in [3.05, 3.63) is 59.7 Å². The van der Waals surface area contributed by atoms with Crippen molar-refractivity contribution in [2.45, 2.75) is 5.92 Å². The number of hydrogen-bond donors (Lipinski definition) is 0. The van der Waals surface area contributed by atoms with E-state index in [1.165, 1.54) is 11.1 Å². The predicted molar refractivity (Wildman–Crippen MR) is 68.6 cm³/mol. The Balaban J connectivity index is 2.19. The van der Waals surface area contributed by atoms with E-state index in [9.17, 15) is 0 Å². The van der Waals surface area contributed by atoms with Crippen molar-refractivity contribution >= 4 is 15.9 Å². The van der Waals surface area contributed by atoms with Crippen LogP contribution >= 0.6 is 15.9 Å². The van der Waals surface area contributed by atoms with Gasteiger partial charge in [-0.15, -0.1) is 0 Å². The zero-order chi connectivity index (χ0) is 11.0. The van der Waals surface area contributed by atoms with Crippen LogP contribution in [0, 0.1) is 0 Å². The van der Waals surface area contributed by atoms with Crippen molar-refractivity contribution in [1.29, 1.82) is 0 Å². The number of rotatable bonds is 1. The summed E-state index contributed by atoms with van der Waals surface area (Å²) in [6.45, 7) is 0. The molecule has 0 N–H and O–H groups in total. The van der Waals surface area contributed by atoms with E-state index < -0.39 is 0 Å². The molecule has 0 saturated carbocycles. The number of para-hydroxylation sites is 2. The lowest BCUT2D eigenvalue weighted by Gasteiger charge is -2.26. The van der Waals surface area contributed by atoms with E-state index in [1.807, 2.05) is 24.3 Å². The van der Waals surface area contributed by atoms with Gasteiger partial charge in [-0.3, -0.25) is 0 Å². The van der Waals surface area contributed by atoms with Crippen LogP contribution in [0.15, 0.2) is 48.5 Å². The maximum Gasteiger partial charge on any atom is 0.131 e. The molecule has 1 heterocycles. The van der Waals surface area contributed by atoms with Gasteiger partial charge in [-0.05, 0) is 12.1 Å². The van der Waals surface area contributed by atoms with Gasteiger partial charge in [-0.2, -0.15) is 0 Å². The number of alkyl halides is 1. The summed E-state index contributed by atoms with van der Waals surface area (Å²) >= 11 is 3.60. The minimum absolute atomic E-state index is 0.390. The van der Waals surface area contributed by atoms with Crippen LogP contribution in [-0.4, -0.2) is 5.33 Å². The van der Waals surface area contributed by atoms with E-state index in [0.29, 0.717) is 5.92 Å². The van der Waals surface area contributed by atoms with Gasteiger partial charge in [0.1, 0.15) is 11.5 Å². The lowest BCUT2D eigenvalue weighted by molar-refractivity contribution is 0.451. The molecule has 0 saturated heterocycles. The van der Waals surface area contributed by atoms with Crippen LogP contribution in [0.2, 0.25) is 0 Å². The number of ether oxygens (including phenoxy) is 1. The van der Waals surface area contributed by atoms with Gasteiger partial charge in [0.25, 0.3) is 0 Å². The largest absolute Gasteiger partial charge is 0.457 e. The average molecular weight is 275 g/mol. The third-order valence-electron chi connectivity index (χ3n) is 2.96. The average Bonchev–Trinajstić information content (AvgIpc) is 2.36. The van der Waals surface area contributed by atoms with Gasteiger partial charge < -0.3 is 4.74 Å². The fraction of sp³-hybridized carbons (Fsp3) is 0.143. The second kappa shape index (κ2) is 3.95. The molecular weight excluding hydrogens is 264 g/mol. The van der Waals surface area contributed by atoms with Crippen molar-refractivity contribution < 1.29 is 4.74 Å². The van der Waals surface area contributed by atoms with E-state index in [4.69, 9.17) is 4.74 Å². The number of hydrogen-bond acceptors (Lipinski definition) is 1. The summed E-state index contributed by atoms with van der Waals surface area (Å²) in [6, 6.07) is 16.5. The van der Waals surface area contributed by atoms with Crippen molar-refractivity contribution in [3.8, 4) is 11.5 Å². The highest BCUT2D eigenvalue weighted by Gasteiger charge is 2.25. The van der Waals surface area contributed by atoms with Crippen LogP contribution in [0.25, 0.3) is 0 Å². The lowest BCUT2D eigenvalue weighted by atomic mass is 9.90. The minimum Gasteiger partial charge on any atom is -0.457 e. The Morgan fingerprint density at radius 3 is 1.88 bits per heavy atom. The molecule has 0 fully saturated rings. The SMILES string of the molecule is BrCC1c2ccccc2Oc2ccccc21. The Kier molecular flexibility index (Phi) is 2.44. The molecule has 1 nitrogen and oxygen atoms in total. The van der Waals surface area contributed by atoms with Gasteiger partial charge in [0, 0.05) is 22.4 Å². The highest BCUT2D eigenvalue weighted by molar-refractivity contribution is 9.09. The molecule has 0 unspecified atom stereocenters. The smallest absolute Gasteiger partial charge is 0.131 e. The monoisotopic (exact) mass is 274 g/mol. The molecule has 0 atom stereocenters. The van der Waals surface area contributed by atoms with Gasteiger partial charge >= 0.3 is 0 Å². The number of halogens is 1. The Bertz CT molecular complexity index is 476. The standard InChI is InChI=1S/C14H11BrO/c15-9-12-10-5-1-3-7-13(10)16-14-8-4-2-6-11(12)14/h1-8,12H,9H2. The summed E-state index contributed by atoms with van der Waals surface area (Å²) in [5.41, 5.74) is 2.52. The van der Waals surface area contributed by atoms with Crippen LogP contribution in [0.4, 0.5) is 0 Å². The topological polar surface area (TPSA) is 9.23 Å². The molecule has 0 spiro atoms. The first kappa shape index (κ1) is 9.91. The van der Waals surface area contributed by atoms with Crippen LogP contribution in [0.1, 0.15) is 17.0 Å². The highest BCUT2D eigenvalue weighted by atomic mass is 79.9. The number of fused-ring (bicyclic) bond motifs is 2. The Hall–Kier alpha value is -1.28. The fourth-order valence-corrected chi connectivity index (χ4v) is 2.87. The van der Waals surface area contributed by atoms with Crippen LogP contribution in [-0.2, 0) is 0 Å². The van der Waals surface area contributed by atoms with Crippen molar-refractivity contribution in [2.75, 3.05) is 5.33 Å². The van der Waals surface area contributed by atoms with Gasteiger partial charge in [0.2, 0.25) is 0 Å². The summed E-state index contributed by atoms with van der Waals surface area (Å²) < 4.78 is 5.89. The third kappa shape index (κ3) is 1.45. The van der Waals surface area contributed by atoms with Crippen molar-refractivity contribution in [2.24, 2.45) is 0 Å². The molecule has 0 aromatic heterocycles. The maximum absolute atomic E-state index is 5.89. The van der Waals surface area contributed by atoms with Crippen LogP contribution < -0.4 is 4.74 Å². The maximum atomic E-state index is 5.89. The molecule has 1 aliphatic rings. The van der Waals surface area contributed by atoms with Crippen molar-refractivity contribution in [3.63, 3.8) is 0 Å². The molecule has 80 valence electrons. The summed E-state index contributed by atoms with van der Waals surface area (Å²) in [5.74, 6) is 2.34. The molecular formula is C14H11BrO. The molecule has 0 bridgehead atoms. The highest BCUT2D eigenvalue weighted by Crippen LogP contribution is 2.44. The van der Waals surface area contributed by atoms with E-state index >= 15 is 0 Å². The minimum atomic E-state index is 0.390. The second-order valence-corrected chi connectivity index (χ2v) is 4.53. The summed E-state index contributed by atoms with van der Waals surface area (Å²) in [5, 5.41) is 0.921. The molecule has 2 aromatic carbocycles. The van der Waals surface area contributed by atoms with Gasteiger partial charge in [0.05, 0.1) is 0 Å².